The number of nitrogens with one attached hydrogen (secondary N) is 1. The van der Waals surface area contributed by atoms with Gasteiger partial charge in [0.05, 0.1) is 38.5 Å². The smallest absolute Gasteiger partial charge is 0.234 e. The predicted octanol–water partition coefficient (Wildman–Crippen LogP) is 5.00. The summed E-state index contributed by atoms with van der Waals surface area (Å²) in [6, 6.07) is 20.9. The molecule has 0 aliphatic carbocycles. The number of aromatic nitrogens is 3. The molecule has 180 valence electrons. The zero-order chi connectivity index (χ0) is 24.8. The molecule has 0 spiro atoms. The molecule has 0 aliphatic rings. The molecule has 0 atom stereocenters. The fourth-order valence-corrected chi connectivity index (χ4v) is 4.26. The van der Waals surface area contributed by atoms with Gasteiger partial charge in [0.15, 0.2) is 11.0 Å². The summed E-state index contributed by atoms with van der Waals surface area (Å²) in [6.45, 7) is 2.03. The van der Waals surface area contributed by atoms with E-state index in [9.17, 15) is 4.79 Å². The Balaban J connectivity index is 1.63. The first-order valence-electron chi connectivity index (χ1n) is 10.8. The van der Waals surface area contributed by atoms with Gasteiger partial charge in [-0.25, -0.2) is 0 Å². The third-order valence-corrected chi connectivity index (χ3v) is 6.21. The number of aryl methyl sites for hydroxylation is 1. The maximum atomic E-state index is 12.8. The number of ether oxygens (including phenoxy) is 3. The lowest BCUT2D eigenvalue weighted by Gasteiger charge is -2.14. The molecule has 4 rings (SSSR count). The monoisotopic (exact) mass is 490 g/mol. The van der Waals surface area contributed by atoms with E-state index in [0.29, 0.717) is 33.9 Å². The number of carbonyl (C=O) groups excluding carboxylic acids is 1. The standard InChI is InChI=1S/C26H26N4O4S/c1-17-9-11-18(12-10-17)25-28-29-26(30(25)21-7-5-6-8-23(21)34-4)35-16-24(31)27-20-15-19(32-2)13-14-22(20)33-3/h5-15H,16H2,1-4H3,(H,27,31). The van der Waals surface area contributed by atoms with E-state index in [2.05, 4.69) is 15.5 Å². The number of anilines is 1. The van der Waals surface area contributed by atoms with Gasteiger partial charge in [0.2, 0.25) is 5.91 Å². The minimum absolute atomic E-state index is 0.113. The molecule has 1 amide bonds. The molecule has 0 bridgehead atoms. The Morgan fingerprint density at radius 2 is 1.66 bits per heavy atom. The van der Waals surface area contributed by atoms with E-state index < -0.39 is 0 Å². The first kappa shape index (κ1) is 24.2. The molecule has 9 heteroatoms. The van der Waals surface area contributed by atoms with Crippen molar-refractivity contribution in [1.29, 1.82) is 0 Å². The van der Waals surface area contributed by atoms with Gasteiger partial charge in [0.1, 0.15) is 17.2 Å². The lowest BCUT2D eigenvalue weighted by atomic mass is 10.1. The first-order chi connectivity index (χ1) is 17.0. The fourth-order valence-electron chi connectivity index (χ4n) is 3.51. The Bertz CT molecular complexity index is 1320. The summed E-state index contributed by atoms with van der Waals surface area (Å²) in [4.78, 5) is 12.8. The number of hydrogen-bond donors (Lipinski definition) is 1. The van der Waals surface area contributed by atoms with Crippen molar-refractivity contribution in [3.8, 4) is 34.3 Å². The van der Waals surface area contributed by atoms with E-state index >= 15 is 0 Å². The summed E-state index contributed by atoms with van der Waals surface area (Å²) in [7, 11) is 4.74. The normalized spacial score (nSPS) is 10.6. The minimum Gasteiger partial charge on any atom is -0.497 e. The third-order valence-electron chi connectivity index (χ3n) is 5.28. The highest BCUT2D eigenvalue weighted by molar-refractivity contribution is 7.99. The van der Waals surface area contributed by atoms with Crippen LogP contribution in [0.25, 0.3) is 17.1 Å². The summed E-state index contributed by atoms with van der Waals surface area (Å²) < 4.78 is 18.1. The maximum absolute atomic E-state index is 12.8. The van der Waals surface area contributed by atoms with Crippen LogP contribution in [0.2, 0.25) is 0 Å². The maximum Gasteiger partial charge on any atom is 0.234 e. The highest BCUT2D eigenvalue weighted by atomic mass is 32.2. The van der Waals surface area contributed by atoms with Crippen molar-refractivity contribution in [3.63, 3.8) is 0 Å². The van der Waals surface area contributed by atoms with Gasteiger partial charge < -0.3 is 19.5 Å². The molecule has 1 N–H and O–H groups in total. The van der Waals surface area contributed by atoms with Crippen molar-refractivity contribution in [2.75, 3.05) is 32.4 Å². The SMILES string of the molecule is COc1ccc(OC)c(NC(=O)CSc2nnc(-c3ccc(C)cc3)n2-c2ccccc2OC)c1. The van der Waals surface area contributed by atoms with Gasteiger partial charge in [-0.05, 0) is 31.2 Å². The molecule has 0 saturated carbocycles. The van der Waals surface area contributed by atoms with Crippen LogP contribution < -0.4 is 19.5 Å². The Labute approximate surface area is 208 Å². The van der Waals surface area contributed by atoms with Crippen LogP contribution in [0, 0.1) is 6.92 Å². The molecule has 8 nitrogen and oxygen atoms in total. The number of methoxy groups -OCH3 is 3. The largest absolute Gasteiger partial charge is 0.497 e. The van der Waals surface area contributed by atoms with Crippen LogP contribution in [0.15, 0.2) is 71.9 Å². The Kier molecular flexibility index (Phi) is 7.57. The van der Waals surface area contributed by atoms with Gasteiger partial charge in [0.25, 0.3) is 0 Å². The van der Waals surface area contributed by atoms with Gasteiger partial charge in [-0.2, -0.15) is 0 Å². The van der Waals surface area contributed by atoms with Crippen molar-refractivity contribution in [2.24, 2.45) is 0 Å². The van der Waals surface area contributed by atoms with Gasteiger partial charge in [0, 0.05) is 11.6 Å². The van der Waals surface area contributed by atoms with E-state index in [4.69, 9.17) is 14.2 Å². The zero-order valence-corrected chi connectivity index (χ0v) is 20.8. The van der Waals surface area contributed by atoms with Crippen molar-refractivity contribution in [2.45, 2.75) is 12.1 Å². The number of amides is 1. The van der Waals surface area contributed by atoms with Gasteiger partial charge in [-0.3, -0.25) is 9.36 Å². The van der Waals surface area contributed by atoms with Crippen molar-refractivity contribution >= 4 is 23.4 Å². The second kappa shape index (κ2) is 11.0. The molecule has 1 aromatic heterocycles. The summed E-state index contributed by atoms with van der Waals surface area (Å²) >= 11 is 1.28. The lowest BCUT2D eigenvalue weighted by Crippen LogP contribution is -2.15. The van der Waals surface area contributed by atoms with Crippen LogP contribution in [0.3, 0.4) is 0 Å². The number of carbonyl (C=O) groups is 1. The second-order valence-corrected chi connectivity index (χ2v) is 8.53. The number of hydrogen-bond acceptors (Lipinski definition) is 7. The quantitative estimate of drug-likeness (QED) is 0.330. The van der Waals surface area contributed by atoms with Gasteiger partial charge >= 0.3 is 0 Å². The van der Waals surface area contributed by atoms with E-state index in [1.54, 1.807) is 39.5 Å². The van der Waals surface area contributed by atoms with E-state index in [-0.39, 0.29) is 11.7 Å². The number of para-hydroxylation sites is 2. The summed E-state index contributed by atoms with van der Waals surface area (Å²) in [6.07, 6.45) is 0. The Morgan fingerprint density at radius 1 is 0.914 bits per heavy atom. The predicted molar refractivity (Wildman–Crippen MR) is 137 cm³/mol. The van der Waals surface area contributed by atoms with Crippen molar-refractivity contribution in [3.05, 3.63) is 72.3 Å². The highest BCUT2D eigenvalue weighted by Gasteiger charge is 2.20. The van der Waals surface area contributed by atoms with Gasteiger partial charge in [-0.15, -0.1) is 10.2 Å². The van der Waals surface area contributed by atoms with Crippen LogP contribution in [0.5, 0.6) is 17.2 Å². The summed E-state index contributed by atoms with van der Waals surface area (Å²) in [5.41, 5.74) is 3.37. The minimum atomic E-state index is -0.215. The average Bonchev–Trinajstić information content (AvgIpc) is 3.31. The molecule has 0 saturated heterocycles. The van der Waals surface area contributed by atoms with Crippen LogP contribution in [0.1, 0.15) is 5.56 Å². The molecule has 1 heterocycles. The molecular formula is C26H26N4O4S. The molecule has 0 unspecified atom stereocenters. The number of thioether (sulfide) groups is 1. The van der Waals surface area contributed by atoms with Crippen molar-refractivity contribution in [1.82, 2.24) is 14.8 Å². The number of benzene rings is 3. The Morgan fingerprint density at radius 3 is 2.37 bits per heavy atom. The highest BCUT2D eigenvalue weighted by Crippen LogP contribution is 2.33. The van der Waals surface area contributed by atoms with Crippen LogP contribution >= 0.6 is 11.8 Å². The topological polar surface area (TPSA) is 87.5 Å². The summed E-state index contributed by atoms with van der Waals surface area (Å²) in [5, 5.41) is 12.3. The summed E-state index contributed by atoms with van der Waals surface area (Å²) in [5.74, 6) is 2.39. The average molecular weight is 491 g/mol. The zero-order valence-electron chi connectivity index (χ0n) is 19.9. The molecule has 0 radical (unpaired) electrons. The number of rotatable bonds is 9. The van der Waals surface area contributed by atoms with E-state index in [1.807, 2.05) is 60.0 Å². The first-order valence-corrected chi connectivity index (χ1v) is 11.8. The lowest BCUT2D eigenvalue weighted by molar-refractivity contribution is -0.113. The molecule has 4 aromatic rings. The molecular weight excluding hydrogens is 464 g/mol. The van der Waals surface area contributed by atoms with Gasteiger partial charge in [-0.1, -0.05) is 53.7 Å². The van der Waals surface area contributed by atoms with Crippen molar-refractivity contribution < 1.29 is 19.0 Å². The van der Waals surface area contributed by atoms with E-state index in [0.717, 1.165) is 16.8 Å². The molecule has 0 aliphatic heterocycles. The molecule has 3 aromatic carbocycles. The second-order valence-electron chi connectivity index (χ2n) is 7.58. The van der Waals surface area contributed by atoms with Crippen LogP contribution in [-0.4, -0.2) is 47.8 Å². The Hall–Kier alpha value is -3.98. The third kappa shape index (κ3) is 5.41. The molecule has 0 fully saturated rings. The van der Waals surface area contributed by atoms with Crippen LogP contribution in [0.4, 0.5) is 5.69 Å². The van der Waals surface area contributed by atoms with Crippen LogP contribution in [-0.2, 0) is 4.79 Å². The van der Waals surface area contributed by atoms with E-state index in [1.165, 1.54) is 11.8 Å². The number of nitrogens with zero attached hydrogens (tertiary/aromatic N) is 3. The molecule has 35 heavy (non-hydrogen) atoms. The fraction of sp³-hybridized carbons (Fsp3) is 0.192.